The van der Waals surface area contributed by atoms with E-state index in [0.717, 1.165) is 44.5 Å². The summed E-state index contributed by atoms with van der Waals surface area (Å²) >= 11 is 1.87. The predicted octanol–water partition coefficient (Wildman–Crippen LogP) is 16.6. The van der Waals surface area contributed by atoms with Crippen LogP contribution in [0, 0.1) is 0 Å². The molecule has 2 heterocycles. The first kappa shape index (κ1) is 39.8. The van der Waals surface area contributed by atoms with Crippen LogP contribution in [0.4, 0.5) is 0 Å². The van der Waals surface area contributed by atoms with Crippen LogP contribution in [0.2, 0.25) is 0 Å². The molecule has 1 aliphatic carbocycles. The average Bonchev–Trinajstić information content (AvgIpc) is 3.96. The van der Waals surface area contributed by atoms with Crippen molar-refractivity contribution in [1.82, 2.24) is 15.0 Å². The van der Waals surface area contributed by atoms with E-state index in [4.69, 9.17) is 15.0 Å². The predicted molar refractivity (Wildman–Crippen MR) is 283 cm³/mol. The number of hydrogen-bond donors (Lipinski definition) is 0. The highest BCUT2D eigenvalue weighted by molar-refractivity contribution is 7.26. The zero-order chi connectivity index (χ0) is 45.0. The minimum Gasteiger partial charge on any atom is -0.208 e. The van der Waals surface area contributed by atoms with Gasteiger partial charge in [-0.2, -0.15) is 0 Å². The zero-order valence-corrected chi connectivity index (χ0v) is 37.7. The molecule has 0 aliphatic heterocycles. The van der Waals surface area contributed by atoms with Gasteiger partial charge in [0.2, 0.25) is 0 Å². The molecule has 0 bridgehead atoms. The summed E-state index contributed by atoms with van der Waals surface area (Å²) in [5, 5.41) is 2.62. The molecule has 68 heavy (non-hydrogen) atoms. The van der Waals surface area contributed by atoms with Crippen molar-refractivity contribution in [3.8, 4) is 78.7 Å². The molecule has 0 radical (unpaired) electrons. The van der Waals surface area contributed by atoms with Crippen molar-refractivity contribution in [2.75, 3.05) is 0 Å². The minimum absolute atomic E-state index is 0.553. The molecule has 1 aliphatic rings. The topological polar surface area (TPSA) is 38.7 Å². The van der Waals surface area contributed by atoms with Crippen LogP contribution in [0.1, 0.15) is 22.3 Å². The van der Waals surface area contributed by atoms with Crippen LogP contribution in [-0.4, -0.2) is 15.0 Å². The Morgan fingerprint density at radius 1 is 0.279 bits per heavy atom. The third-order valence-corrected chi connectivity index (χ3v) is 14.9. The molecule has 13 rings (SSSR count). The van der Waals surface area contributed by atoms with Gasteiger partial charge in [-0.1, -0.05) is 243 Å². The highest BCUT2D eigenvalue weighted by Crippen LogP contribution is 2.58. The van der Waals surface area contributed by atoms with Crippen LogP contribution in [0.25, 0.3) is 98.8 Å². The first-order chi connectivity index (χ1) is 33.7. The maximum absolute atomic E-state index is 5.44. The lowest BCUT2D eigenvalue weighted by molar-refractivity contribution is 0.768. The van der Waals surface area contributed by atoms with Crippen LogP contribution in [0.5, 0.6) is 0 Å². The van der Waals surface area contributed by atoms with Gasteiger partial charge in [-0.05, 0) is 72.8 Å². The quantitative estimate of drug-likeness (QED) is 0.153. The van der Waals surface area contributed by atoms with Crippen LogP contribution >= 0.6 is 11.3 Å². The van der Waals surface area contributed by atoms with E-state index in [9.17, 15) is 0 Å². The van der Waals surface area contributed by atoms with Gasteiger partial charge in [0.15, 0.2) is 17.5 Å². The van der Waals surface area contributed by atoms with Crippen LogP contribution in [0.3, 0.4) is 0 Å². The Kier molecular flexibility index (Phi) is 9.59. The Morgan fingerprint density at radius 2 is 0.735 bits per heavy atom. The van der Waals surface area contributed by atoms with E-state index >= 15 is 0 Å². The highest BCUT2D eigenvalue weighted by Gasteiger charge is 2.47. The van der Waals surface area contributed by atoms with Gasteiger partial charge in [-0.25, -0.2) is 15.0 Å². The molecule has 2 aromatic heterocycles. The largest absolute Gasteiger partial charge is 0.208 e. The van der Waals surface area contributed by atoms with Gasteiger partial charge in [-0.15, -0.1) is 11.3 Å². The van der Waals surface area contributed by atoms with Gasteiger partial charge in [-0.3, -0.25) is 0 Å². The van der Waals surface area contributed by atoms with Gasteiger partial charge in [0.25, 0.3) is 0 Å². The summed E-state index contributed by atoms with van der Waals surface area (Å²) in [7, 11) is 0. The van der Waals surface area contributed by atoms with E-state index in [1.807, 2.05) is 11.3 Å². The molecule has 3 nitrogen and oxygen atoms in total. The lowest BCUT2D eigenvalue weighted by atomic mass is 9.67. The summed E-state index contributed by atoms with van der Waals surface area (Å²) in [6.45, 7) is 0. The normalized spacial score (nSPS) is 12.5. The fraction of sp³-hybridized carbons (Fsp3) is 0.0156. The molecule has 12 aromatic rings. The molecular weight excluding hydrogens is 843 g/mol. The van der Waals surface area contributed by atoms with Crippen LogP contribution < -0.4 is 0 Å². The summed E-state index contributed by atoms with van der Waals surface area (Å²) in [6, 6.07) is 89.2. The molecule has 0 fully saturated rings. The second-order valence-electron chi connectivity index (χ2n) is 17.4. The second-order valence-corrected chi connectivity index (χ2v) is 18.5. The number of aromatic nitrogens is 3. The lowest BCUT2D eigenvalue weighted by Gasteiger charge is -2.33. The summed E-state index contributed by atoms with van der Waals surface area (Å²) in [5.74, 6) is 1.87. The summed E-state index contributed by atoms with van der Waals surface area (Å²) in [4.78, 5) is 16.2. The third kappa shape index (κ3) is 6.45. The van der Waals surface area contributed by atoms with Crippen molar-refractivity contribution in [1.29, 1.82) is 0 Å². The molecule has 0 saturated carbocycles. The van der Waals surface area contributed by atoms with Crippen molar-refractivity contribution >= 4 is 31.5 Å². The van der Waals surface area contributed by atoms with E-state index in [0.29, 0.717) is 17.5 Å². The Balaban J connectivity index is 0.953. The molecule has 4 heteroatoms. The maximum Gasteiger partial charge on any atom is 0.164 e. The van der Waals surface area contributed by atoms with Crippen LogP contribution in [-0.2, 0) is 5.41 Å². The smallest absolute Gasteiger partial charge is 0.164 e. The Labute approximate surface area is 399 Å². The highest BCUT2D eigenvalue weighted by atomic mass is 32.1. The van der Waals surface area contributed by atoms with E-state index in [-0.39, 0.29) is 0 Å². The fourth-order valence-electron chi connectivity index (χ4n) is 10.6. The molecule has 0 atom stereocenters. The first-order valence-corrected chi connectivity index (χ1v) is 23.9. The van der Waals surface area contributed by atoms with E-state index in [1.165, 1.54) is 59.1 Å². The molecule has 0 spiro atoms. The van der Waals surface area contributed by atoms with Crippen molar-refractivity contribution in [2.24, 2.45) is 0 Å². The molecule has 0 unspecified atom stereocenters. The monoisotopic (exact) mass is 883 g/mol. The Morgan fingerprint density at radius 3 is 1.44 bits per heavy atom. The summed E-state index contributed by atoms with van der Waals surface area (Å²) in [6.07, 6.45) is 0. The number of fused-ring (bicyclic) bond motifs is 6. The van der Waals surface area contributed by atoms with Crippen molar-refractivity contribution in [3.05, 3.63) is 271 Å². The third-order valence-electron chi connectivity index (χ3n) is 13.7. The van der Waals surface area contributed by atoms with Crippen molar-refractivity contribution < 1.29 is 0 Å². The summed E-state index contributed by atoms with van der Waals surface area (Å²) in [5.41, 5.74) is 16.4. The maximum atomic E-state index is 5.44. The van der Waals surface area contributed by atoms with Gasteiger partial charge in [0.1, 0.15) is 0 Å². The standard InChI is InChI=1S/C64H41N3S/c1-4-18-44(19-5-1)49-24-10-11-26-53(49)62-65-61(46-40-36-43(37-41-46)42-34-38-45(39-35-42)50-28-16-29-52-51-25-13-15-33-58(51)68-60(50)52)66-63(67-62)55-30-17-32-57-59(55)54-27-12-14-31-56(54)64(57,47-20-6-2-7-21-47)48-22-8-3-9-23-48/h1-41H. The van der Waals surface area contributed by atoms with Crippen LogP contribution in [0.15, 0.2) is 249 Å². The number of thiophene rings is 1. The Bertz CT molecular complexity index is 3780. The zero-order valence-electron chi connectivity index (χ0n) is 36.9. The van der Waals surface area contributed by atoms with Gasteiger partial charge in [0, 0.05) is 36.9 Å². The molecule has 318 valence electrons. The minimum atomic E-state index is -0.553. The molecule has 0 amide bonds. The van der Waals surface area contributed by atoms with E-state index in [2.05, 4.69) is 249 Å². The number of benzene rings is 10. The summed E-state index contributed by atoms with van der Waals surface area (Å²) < 4.78 is 2.64. The average molecular weight is 884 g/mol. The second kappa shape index (κ2) is 16.4. The molecule has 0 saturated heterocycles. The molecular formula is C64H41N3S. The molecule has 0 N–H and O–H groups in total. The lowest BCUT2D eigenvalue weighted by Crippen LogP contribution is -2.28. The SMILES string of the molecule is c1ccc(-c2ccccc2-c2nc(-c3ccc(-c4ccc(-c5cccc6c5sc5ccccc56)cc4)cc3)nc(-c3cccc4c3-c3ccccc3C4(c3ccccc3)c3ccccc3)n2)cc1. The number of rotatable bonds is 8. The van der Waals surface area contributed by atoms with E-state index < -0.39 is 5.41 Å². The number of hydrogen-bond acceptors (Lipinski definition) is 4. The number of nitrogens with zero attached hydrogens (tertiary/aromatic N) is 3. The van der Waals surface area contributed by atoms with E-state index in [1.54, 1.807) is 0 Å². The van der Waals surface area contributed by atoms with Crippen molar-refractivity contribution in [2.45, 2.75) is 5.41 Å². The first-order valence-electron chi connectivity index (χ1n) is 23.1. The fourth-order valence-corrected chi connectivity index (χ4v) is 11.8. The van der Waals surface area contributed by atoms with Gasteiger partial charge in [0.05, 0.1) is 5.41 Å². The van der Waals surface area contributed by atoms with Gasteiger partial charge >= 0.3 is 0 Å². The Hall–Kier alpha value is -8.57. The van der Waals surface area contributed by atoms with Crippen molar-refractivity contribution in [3.63, 3.8) is 0 Å². The van der Waals surface area contributed by atoms with Gasteiger partial charge < -0.3 is 0 Å². The molecule has 10 aromatic carbocycles.